The molecular formula is C24H23N3O5S. The summed E-state index contributed by atoms with van der Waals surface area (Å²) in [4.78, 5) is 40.1. The Labute approximate surface area is 193 Å². The molecule has 0 bridgehead atoms. The molecule has 0 atom stereocenters. The molecule has 0 spiro atoms. The van der Waals surface area contributed by atoms with Crippen LogP contribution < -0.4 is 26.0 Å². The number of H-pyrrole nitrogens is 1. The number of amides is 1. The van der Waals surface area contributed by atoms with Crippen LogP contribution in [0.1, 0.15) is 21.5 Å². The van der Waals surface area contributed by atoms with Crippen LogP contribution in [0.2, 0.25) is 0 Å². The molecule has 33 heavy (non-hydrogen) atoms. The minimum Gasteiger partial charge on any atom is -0.493 e. The molecule has 2 heterocycles. The van der Waals surface area contributed by atoms with Crippen molar-refractivity contribution in [1.29, 1.82) is 0 Å². The lowest BCUT2D eigenvalue weighted by Gasteiger charge is -2.10. The van der Waals surface area contributed by atoms with Gasteiger partial charge in [0.05, 0.1) is 26.3 Å². The van der Waals surface area contributed by atoms with E-state index in [4.69, 9.17) is 9.47 Å². The van der Waals surface area contributed by atoms with Crippen LogP contribution in [0.3, 0.4) is 0 Å². The Hall–Kier alpha value is -3.85. The number of rotatable bonds is 8. The number of carbonyl (C=O) groups is 1. The van der Waals surface area contributed by atoms with E-state index in [1.165, 1.54) is 11.3 Å². The number of ether oxygens (including phenoxy) is 2. The van der Waals surface area contributed by atoms with Crippen LogP contribution in [0.15, 0.2) is 63.5 Å². The highest BCUT2D eigenvalue weighted by Gasteiger charge is 2.11. The van der Waals surface area contributed by atoms with Crippen LogP contribution in [-0.4, -0.2) is 36.2 Å². The van der Waals surface area contributed by atoms with Gasteiger partial charge >= 0.3 is 5.69 Å². The van der Waals surface area contributed by atoms with Crippen molar-refractivity contribution in [3.8, 4) is 11.5 Å². The normalized spacial score (nSPS) is 10.8. The quantitative estimate of drug-likeness (QED) is 0.417. The molecule has 0 aliphatic rings. The number of fused-ring (bicyclic) bond motifs is 1. The SMILES string of the molecule is COc1ccc(CCNC(=O)c2ccc(Cn3c(=O)[nH]c4ccsc4c3=O)cc2)cc1OC. The summed E-state index contributed by atoms with van der Waals surface area (Å²) < 4.78 is 12.2. The third-order valence-corrected chi connectivity index (χ3v) is 6.20. The second-order valence-electron chi connectivity index (χ2n) is 7.38. The van der Waals surface area contributed by atoms with Crippen molar-refractivity contribution < 1.29 is 14.3 Å². The summed E-state index contributed by atoms with van der Waals surface area (Å²) in [6.07, 6.45) is 0.640. The first-order valence-electron chi connectivity index (χ1n) is 10.3. The van der Waals surface area contributed by atoms with Crippen LogP contribution in [-0.2, 0) is 13.0 Å². The standard InChI is InChI=1S/C24H23N3O5S/c1-31-19-8-5-15(13-20(19)32-2)9-11-25-22(28)17-6-3-16(4-7-17)14-27-23(29)21-18(10-12-33-21)26-24(27)30/h3-8,10,12-13H,9,11,14H2,1-2H3,(H,25,28)(H,26,30). The Bertz CT molecular complexity index is 1400. The van der Waals surface area contributed by atoms with Crippen molar-refractivity contribution in [2.24, 2.45) is 0 Å². The maximum atomic E-state index is 12.6. The second-order valence-corrected chi connectivity index (χ2v) is 8.29. The minimum absolute atomic E-state index is 0.128. The van der Waals surface area contributed by atoms with Crippen molar-refractivity contribution in [2.45, 2.75) is 13.0 Å². The molecule has 0 saturated heterocycles. The van der Waals surface area contributed by atoms with Crippen LogP contribution in [0, 0.1) is 0 Å². The fourth-order valence-corrected chi connectivity index (χ4v) is 4.31. The van der Waals surface area contributed by atoms with Gasteiger partial charge < -0.3 is 19.8 Å². The van der Waals surface area contributed by atoms with Gasteiger partial charge in [-0.3, -0.25) is 14.2 Å². The predicted molar refractivity (Wildman–Crippen MR) is 128 cm³/mol. The minimum atomic E-state index is -0.456. The zero-order valence-electron chi connectivity index (χ0n) is 18.2. The molecule has 2 N–H and O–H groups in total. The number of methoxy groups -OCH3 is 2. The molecule has 170 valence electrons. The molecule has 0 radical (unpaired) electrons. The third kappa shape index (κ3) is 4.83. The van der Waals surface area contributed by atoms with E-state index in [0.29, 0.717) is 40.2 Å². The summed E-state index contributed by atoms with van der Waals surface area (Å²) in [5.41, 5.74) is 2.04. The highest BCUT2D eigenvalue weighted by molar-refractivity contribution is 7.17. The van der Waals surface area contributed by atoms with Crippen LogP contribution >= 0.6 is 11.3 Å². The fraction of sp³-hybridized carbons (Fsp3) is 0.208. The molecule has 8 nitrogen and oxygen atoms in total. The van der Waals surface area contributed by atoms with Crippen molar-refractivity contribution in [1.82, 2.24) is 14.9 Å². The summed E-state index contributed by atoms with van der Waals surface area (Å²) in [6, 6.07) is 14.2. The lowest BCUT2D eigenvalue weighted by Crippen LogP contribution is -2.34. The molecule has 0 fully saturated rings. The van der Waals surface area contributed by atoms with E-state index in [0.717, 1.165) is 15.7 Å². The highest BCUT2D eigenvalue weighted by Crippen LogP contribution is 2.27. The van der Waals surface area contributed by atoms with Gasteiger partial charge in [-0.15, -0.1) is 11.3 Å². The first kappa shape index (κ1) is 22.3. The number of aromatic nitrogens is 2. The predicted octanol–water partition coefficient (Wildman–Crippen LogP) is 2.79. The van der Waals surface area contributed by atoms with Gasteiger partial charge in [0.15, 0.2) is 11.5 Å². The zero-order chi connectivity index (χ0) is 23.4. The van der Waals surface area contributed by atoms with Gasteiger partial charge in [0.25, 0.3) is 11.5 Å². The van der Waals surface area contributed by atoms with Gasteiger partial charge in [0.2, 0.25) is 0 Å². The van der Waals surface area contributed by atoms with E-state index < -0.39 is 5.69 Å². The molecule has 0 aliphatic heterocycles. The second kappa shape index (κ2) is 9.74. The average Bonchev–Trinajstić information content (AvgIpc) is 3.30. The highest BCUT2D eigenvalue weighted by atomic mass is 32.1. The molecule has 4 aromatic rings. The van der Waals surface area contributed by atoms with Crippen molar-refractivity contribution in [3.05, 3.63) is 91.4 Å². The maximum Gasteiger partial charge on any atom is 0.329 e. The van der Waals surface area contributed by atoms with Crippen LogP contribution in [0.5, 0.6) is 11.5 Å². The lowest BCUT2D eigenvalue weighted by molar-refractivity contribution is 0.0954. The Morgan fingerprint density at radius 1 is 1.00 bits per heavy atom. The van der Waals surface area contributed by atoms with Gasteiger partial charge in [-0.25, -0.2) is 4.79 Å². The van der Waals surface area contributed by atoms with Crippen LogP contribution in [0.25, 0.3) is 10.2 Å². The van der Waals surface area contributed by atoms with E-state index in [9.17, 15) is 14.4 Å². The van der Waals surface area contributed by atoms with Crippen molar-refractivity contribution in [2.75, 3.05) is 20.8 Å². The molecule has 1 amide bonds. The van der Waals surface area contributed by atoms with Crippen molar-refractivity contribution >= 4 is 27.5 Å². The summed E-state index contributed by atoms with van der Waals surface area (Å²) in [5, 5.41) is 4.67. The van der Waals surface area contributed by atoms with E-state index in [1.807, 2.05) is 18.2 Å². The molecule has 9 heteroatoms. The fourth-order valence-electron chi connectivity index (χ4n) is 3.52. The molecule has 0 saturated carbocycles. The van der Waals surface area contributed by atoms with Crippen molar-refractivity contribution in [3.63, 3.8) is 0 Å². The number of carbonyl (C=O) groups excluding carboxylic acids is 1. The number of nitrogens with zero attached hydrogens (tertiary/aromatic N) is 1. The summed E-state index contributed by atoms with van der Waals surface area (Å²) in [6.45, 7) is 0.588. The van der Waals surface area contributed by atoms with Gasteiger partial charge in [0.1, 0.15) is 4.70 Å². The molecule has 0 aliphatic carbocycles. The molecule has 4 rings (SSSR count). The van der Waals surface area contributed by atoms with E-state index in [-0.39, 0.29) is 18.0 Å². The van der Waals surface area contributed by atoms with Gasteiger partial charge in [-0.1, -0.05) is 18.2 Å². The third-order valence-electron chi connectivity index (χ3n) is 5.30. The van der Waals surface area contributed by atoms with Gasteiger partial charge in [-0.05, 0) is 53.3 Å². The first-order valence-corrected chi connectivity index (χ1v) is 11.2. The van der Waals surface area contributed by atoms with E-state index in [1.54, 1.807) is 49.9 Å². The number of hydrogen-bond donors (Lipinski definition) is 2. The maximum absolute atomic E-state index is 12.6. The Kier molecular flexibility index (Phi) is 6.60. The van der Waals surface area contributed by atoms with E-state index in [2.05, 4.69) is 10.3 Å². The summed E-state index contributed by atoms with van der Waals surface area (Å²) in [5.74, 6) is 1.11. The smallest absolute Gasteiger partial charge is 0.329 e. The summed E-state index contributed by atoms with van der Waals surface area (Å²) >= 11 is 1.29. The molecule has 2 aromatic heterocycles. The average molecular weight is 466 g/mol. The van der Waals surface area contributed by atoms with Gasteiger partial charge in [-0.2, -0.15) is 0 Å². The largest absolute Gasteiger partial charge is 0.493 e. The lowest BCUT2D eigenvalue weighted by atomic mass is 10.1. The molecule has 0 unspecified atom stereocenters. The first-order chi connectivity index (χ1) is 16.0. The Morgan fingerprint density at radius 3 is 2.45 bits per heavy atom. The van der Waals surface area contributed by atoms with E-state index >= 15 is 0 Å². The number of nitrogens with one attached hydrogen (secondary N) is 2. The number of thiophene rings is 1. The Balaban J connectivity index is 1.38. The zero-order valence-corrected chi connectivity index (χ0v) is 19.0. The molecular weight excluding hydrogens is 442 g/mol. The number of benzene rings is 2. The topological polar surface area (TPSA) is 102 Å². The Morgan fingerprint density at radius 2 is 1.73 bits per heavy atom. The molecule has 2 aromatic carbocycles. The number of aromatic amines is 1. The van der Waals surface area contributed by atoms with Crippen LogP contribution in [0.4, 0.5) is 0 Å². The summed E-state index contributed by atoms with van der Waals surface area (Å²) in [7, 11) is 3.17. The number of hydrogen-bond acceptors (Lipinski definition) is 6. The monoisotopic (exact) mass is 465 g/mol. The van der Waals surface area contributed by atoms with Gasteiger partial charge in [0, 0.05) is 12.1 Å².